The first-order valence-electron chi connectivity index (χ1n) is 20.6. The maximum Gasteiger partial charge on any atom is 0.164 e. The van der Waals surface area contributed by atoms with Crippen molar-refractivity contribution in [3.8, 4) is 67.9 Å². The molecule has 0 N–H and O–H groups in total. The highest BCUT2D eigenvalue weighted by molar-refractivity contribution is 5.93. The molecule has 3 aliphatic carbocycles. The predicted octanol–water partition coefficient (Wildman–Crippen LogP) is 13.4. The number of benzene rings is 7. The average molecular weight is 758 g/mol. The Hall–Kier alpha value is -7.17. The number of para-hydroxylation sites is 2. The molecular formula is C55H39N3O. The zero-order chi connectivity index (χ0) is 39.3. The topological polar surface area (TPSA) is 47.9 Å². The Bertz CT molecular complexity index is 3120. The van der Waals surface area contributed by atoms with Crippen LogP contribution in [0.2, 0.25) is 0 Å². The van der Waals surface area contributed by atoms with Gasteiger partial charge in [-0.3, -0.25) is 0 Å². The van der Waals surface area contributed by atoms with Crippen LogP contribution in [0.3, 0.4) is 0 Å². The van der Waals surface area contributed by atoms with Crippen LogP contribution in [0.25, 0.3) is 62.0 Å². The summed E-state index contributed by atoms with van der Waals surface area (Å²) in [4.78, 5) is 15.7. The van der Waals surface area contributed by atoms with E-state index in [2.05, 4.69) is 172 Å². The largest absolute Gasteiger partial charge is 0.456 e. The van der Waals surface area contributed by atoms with E-state index in [0.29, 0.717) is 17.5 Å². The Morgan fingerprint density at radius 3 is 1.90 bits per heavy atom. The lowest BCUT2D eigenvalue weighted by atomic mass is 9.64. The molecule has 7 aromatic carbocycles. The molecule has 0 amide bonds. The summed E-state index contributed by atoms with van der Waals surface area (Å²) >= 11 is 0. The summed E-state index contributed by atoms with van der Waals surface area (Å²) in [6.45, 7) is 4.62. The summed E-state index contributed by atoms with van der Waals surface area (Å²) in [5, 5.41) is 0. The summed E-state index contributed by atoms with van der Waals surface area (Å²) in [6.07, 6.45) is 6.78. The van der Waals surface area contributed by atoms with Gasteiger partial charge in [0.05, 0.1) is 5.41 Å². The first-order valence-corrected chi connectivity index (χ1v) is 20.6. The van der Waals surface area contributed by atoms with Crippen LogP contribution in [0.15, 0.2) is 182 Å². The van der Waals surface area contributed by atoms with Gasteiger partial charge in [-0.25, -0.2) is 15.0 Å². The third-order valence-electron chi connectivity index (χ3n) is 13.1. The van der Waals surface area contributed by atoms with Crippen LogP contribution in [0, 0.1) is 0 Å². The molecular weight excluding hydrogens is 719 g/mol. The van der Waals surface area contributed by atoms with Gasteiger partial charge in [0.25, 0.3) is 0 Å². The normalized spacial score (nSPS) is 17.4. The van der Waals surface area contributed by atoms with Gasteiger partial charge in [-0.2, -0.15) is 0 Å². The van der Waals surface area contributed by atoms with E-state index in [1.54, 1.807) is 0 Å². The van der Waals surface area contributed by atoms with Gasteiger partial charge in [0.15, 0.2) is 17.5 Å². The van der Waals surface area contributed by atoms with Gasteiger partial charge >= 0.3 is 0 Å². The van der Waals surface area contributed by atoms with Crippen molar-refractivity contribution in [3.63, 3.8) is 0 Å². The number of nitrogens with zero attached hydrogens (tertiary/aromatic N) is 3. The second kappa shape index (κ2) is 12.7. The average Bonchev–Trinajstić information content (AvgIpc) is 3.72. The number of ether oxygens (including phenoxy) is 1. The van der Waals surface area contributed by atoms with Crippen molar-refractivity contribution in [3.05, 3.63) is 215 Å². The number of rotatable bonds is 4. The zero-order valence-corrected chi connectivity index (χ0v) is 32.9. The zero-order valence-electron chi connectivity index (χ0n) is 32.9. The Morgan fingerprint density at radius 1 is 0.458 bits per heavy atom. The minimum Gasteiger partial charge on any atom is -0.456 e. The van der Waals surface area contributed by atoms with Crippen molar-refractivity contribution in [2.24, 2.45) is 0 Å². The van der Waals surface area contributed by atoms with Gasteiger partial charge in [-0.1, -0.05) is 178 Å². The molecule has 1 atom stereocenters. The lowest BCUT2D eigenvalue weighted by Crippen LogP contribution is -2.33. The van der Waals surface area contributed by atoms with E-state index in [1.165, 1.54) is 50.1 Å². The molecule has 4 aliphatic rings. The fourth-order valence-corrected chi connectivity index (χ4v) is 10.5. The van der Waals surface area contributed by atoms with Crippen LogP contribution < -0.4 is 4.74 Å². The third-order valence-corrected chi connectivity index (χ3v) is 13.1. The van der Waals surface area contributed by atoms with Crippen molar-refractivity contribution in [1.29, 1.82) is 0 Å². The van der Waals surface area contributed by atoms with Crippen molar-refractivity contribution in [2.75, 3.05) is 0 Å². The van der Waals surface area contributed by atoms with Crippen LogP contribution in [-0.2, 0) is 10.8 Å². The summed E-state index contributed by atoms with van der Waals surface area (Å²) in [5.41, 5.74) is 17.1. The van der Waals surface area contributed by atoms with Gasteiger partial charge in [0, 0.05) is 38.8 Å². The molecule has 280 valence electrons. The van der Waals surface area contributed by atoms with E-state index in [4.69, 9.17) is 19.7 Å². The minimum absolute atomic E-state index is 0.154. The SMILES string of the molecule is CC1(C)c2ccccc2-c2ccc(-c3nc(-c4ccccc4)nc(-c4ccccc4-c4cccc5c4Oc4ccccc4C54C5=C(CCC=C5)c5ccccc54)n3)cc21. The number of hydrogen-bond acceptors (Lipinski definition) is 4. The maximum atomic E-state index is 7.11. The highest BCUT2D eigenvalue weighted by Gasteiger charge is 2.52. The molecule has 4 nitrogen and oxygen atoms in total. The van der Waals surface area contributed by atoms with E-state index in [9.17, 15) is 0 Å². The fraction of sp³-hybridized carbons (Fsp3) is 0.109. The van der Waals surface area contributed by atoms with E-state index < -0.39 is 5.41 Å². The summed E-state index contributed by atoms with van der Waals surface area (Å²) < 4.78 is 7.11. The molecule has 1 aliphatic heterocycles. The summed E-state index contributed by atoms with van der Waals surface area (Å²) in [7, 11) is 0. The van der Waals surface area contributed by atoms with Gasteiger partial charge < -0.3 is 4.74 Å². The molecule has 2 heterocycles. The van der Waals surface area contributed by atoms with E-state index in [-0.39, 0.29) is 5.41 Å². The molecule has 0 radical (unpaired) electrons. The minimum atomic E-state index is -0.514. The molecule has 4 heteroatoms. The highest BCUT2D eigenvalue weighted by Crippen LogP contribution is 2.64. The van der Waals surface area contributed by atoms with E-state index >= 15 is 0 Å². The molecule has 0 saturated heterocycles. The standard InChI is InChI=1S/C55H39N3O/c1-54(2)43-25-11-8-20-37(43)40-32-31-35(33-48(40)54)52-56-51(34-17-4-3-5-18-34)57-53(58-52)42-23-7-6-19-36(42)41-24-16-29-47-50(41)59-49-30-15-14-28-46(49)55(47)44-26-12-9-21-38(44)39-22-10-13-27-45(39)55/h3-9,11-21,23-33H,10,22H2,1-2H3. The number of allylic oxidation sites excluding steroid dienone is 4. The summed E-state index contributed by atoms with van der Waals surface area (Å²) in [6, 6.07) is 58.4. The first-order chi connectivity index (χ1) is 29.0. The third kappa shape index (κ3) is 4.80. The van der Waals surface area contributed by atoms with Gasteiger partial charge in [-0.15, -0.1) is 0 Å². The van der Waals surface area contributed by atoms with Gasteiger partial charge in [-0.05, 0) is 75.1 Å². The predicted molar refractivity (Wildman–Crippen MR) is 237 cm³/mol. The first kappa shape index (κ1) is 33.9. The van der Waals surface area contributed by atoms with Gasteiger partial charge in [0.2, 0.25) is 0 Å². The van der Waals surface area contributed by atoms with Crippen molar-refractivity contribution < 1.29 is 4.74 Å². The Balaban J connectivity index is 1.07. The second-order valence-corrected chi connectivity index (χ2v) is 16.6. The van der Waals surface area contributed by atoms with Crippen LogP contribution in [-0.4, -0.2) is 15.0 Å². The molecule has 1 aromatic heterocycles. The van der Waals surface area contributed by atoms with Crippen molar-refractivity contribution >= 4 is 5.57 Å². The van der Waals surface area contributed by atoms with Crippen LogP contribution in [0.5, 0.6) is 11.5 Å². The molecule has 59 heavy (non-hydrogen) atoms. The molecule has 1 spiro atoms. The summed E-state index contributed by atoms with van der Waals surface area (Å²) in [5.74, 6) is 3.63. The molecule has 0 bridgehead atoms. The molecule has 1 unspecified atom stereocenters. The lowest BCUT2D eigenvalue weighted by molar-refractivity contribution is 0.437. The highest BCUT2D eigenvalue weighted by atomic mass is 16.5. The Kier molecular flexibility index (Phi) is 7.28. The quantitative estimate of drug-likeness (QED) is 0.179. The number of aromatic nitrogens is 3. The van der Waals surface area contributed by atoms with Crippen LogP contribution >= 0.6 is 0 Å². The molecule has 0 saturated carbocycles. The maximum absolute atomic E-state index is 7.11. The van der Waals surface area contributed by atoms with Crippen molar-refractivity contribution in [1.82, 2.24) is 15.0 Å². The Labute approximate surface area is 344 Å². The van der Waals surface area contributed by atoms with Crippen molar-refractivity contribution in [2.45, 2.75) is 37.5 Å². The lowest BCUT2D eigenvalue weighted by Gasteiger charge is -2.41. The van der Waals surface area contributed by atoms with E-state index in [0.717, 1.165) is 57.7 Å². The number of hydrogen-bond donors (Lipinski definition) is 0. The number of fused-ring (bicyclic) bond motifs is 11. The van der Waals surface area contributed by atoms with Crippen LogP contribution in [0.4, 0.5) is 0 Å². The smallest absolute Gasteiger partial charge is 0.164 e. The second-order valence-electron chi connectivity index (χ2n) is 16.6. The Morgan fingerprint density at radius 2 is 1.07 bits per heavy atom. The van der Waals surface area contributed by atoms with E-state index in [1.807, 2.05) is 18.2 Å². The molecule has 12 rings (SSSR count). The molecule has 0 fully saturated rings. The molecule has 8 aromatic rings. The fourth-order valence-electron chi connectivity index (χ4n) is 10.5. The van der Waals surface area contributed by atoms with Gasteiger partial charge in [0.1, 0.15) is 11.5 Å². The van der Waals surface area contributed by atoms with Crippen LogP contribution in [0.1, 0.15) is 60.1 Å². The monoisotopic (exact) mass is 757 g/mol.